The molecule has 27 heteroatoms. The Kier molecular flexibility index (Phi) is 36.2. The van der Waals surface area contributed by atoms with Crippen LogP contribution in [0.25, 0.3) is 43.6 Å². The Morgan fingerprint density at radius 2 is 0.772 bits per heavy atom. The first-order valence-electron chi connectivity index (χ1n) is 47.9. The maximum Gasteiger partial charge on any atom is 0.297 e. The molecule has 1 amide bonds. The maximum absolute atomic E-state index is 13.1. The topological polar surface area (TPSA) is 289 Å². The Morgan fingerprint density at radius 3 is 1.17 bits per heavy atom. The van der Waals surface area contributed by atoms with Gasteiger partial charge in [-0.15, -0.1) is 15.3 Å². The molecule has 8 aromatic heterocycles. The van der Waals surface area contributed by atoms with E-state index in [2.05, 4.69) is 253 Å². The van der Waals surface area contributed by atoms with Crippen LogP contribution in [0.2, 0.25) is 0 Å². The number of likely N-dealkylation sites (N-methyl/N-ethyl adjacent to an activating group) is 1. The van der Waals surface area contributed by atoms with Gasteiger partial charge in [0.1, 0.15) is 0 Å². The number of nitrogens with zero attached hydrogens (tertiary/aromatic N) is 14. The zero-order valence-electron chi connectivity index (χ0n) is 76.8. The molecule has 4 aromatic carbocycles. The molecule has 0 radical (unpaired) electrons. The molecule has 0 saturated carbocycles. The van der Waals surface area contributed by atoms with E-state index in [1.165, 1.54) is 74.4 Å². The summed E-state index contributed by atoms with van der Waals surface area (Å²) < 4.78 is 11.8. The van der Waals surface area contributed by atoms with Crippen LogP contribution >= 0.6 is 11.3 Å². The average molecular weight is 1750 g/mol. The SMILES string of the molecule is CCCCC(CC(=O)c1cnc(N2CCN(CC)CC2)o1)Cc1c[nH]c2ccccc12.CCCCC(CC(=O)c1cnc(N2CCN(CCC)CC2)o1)Cc1c[nH]c2ccccc12.CCCCC(CC(=O)c1nc(N2CCN(CCC)CC2)n[nH]1)Cc1c[nH]c2ccccc12.CCCCC(Cc1c[nH]c2ccccc12)NC(=O)c1nnc(N2CCN(CCC)CC2)s1. The number of piperazine rings is 4. The van der Waals surface area contributed by atoms with Gasteiger partial charge in [0.05, 0.1) is 12.4 Å². The fraction of sp³-hybridized carbons (Fsp3) is 0.540. The first-order chi connectivity index (χ1) is 62.2. The predicted octanol–water partition coefficient (Wildman–Crippen LogP) is 18.8. The second kappa shape index (κ2) is 48.7. The summed E-state index contributed by atoms with van der Waals surface area (Å²) in [4.78, 5) is 97.6. The van der Waals surface area contributed by atoms with E-state index in [1.807, 2.05) is 24.3 Å². The number of carbonyl (C=O) groups excluding carboxylic acids is 4. The number of fused-ring (bicyclic) bond motifs is 4. The van der Waals surface area contributed by atoms with Crippen molar-refractivity contribution in [2.45, 2.75) is 203 Å². The van der Waals surface area contributed by atoms with Crippen LogP contribution in [0.5, 0.6) is 0 Å². The van der Waals surface area contributed by atoms with Crippen LogP contribution in [0.1, 0.15) is 235 Å². The van der Waals surface area contributed by atoms with E-state index in [1.54, 1.807) is 12.4 Å². The van der Waals surface area contributed by atoms with Crippen LogP contribution in [-0.2, 0) is 25.7 Å². The average Bonchev–Trinajstić information content (AvgIpc) is 1.71. The largest absolute Gasteiger partial charge is 0.420 e. The number of anilines is 4. The number of rotatable bonds is 42. The van der Waals surface area contributed by atoms with Crippen molar-refractivity contribution in [2.24, 2.45) is 17.8 Å². The highest BCUT2D eigenvalue weighted by molar-refractivity contribution is 7.17. The fourth-order valence-electron chi connectivity index (χ4n) is 18.5. The molecular formula is C100H140N20O6S. The summed E-state index contributed by atoms with van der Waals surface area (Å²) in [6, 6.07) is 34.7. The van der Waals surface area contributed by atoms with Gasteiger partial charge in [0.25, 0.3) is 17.9 Å². The van der Waals surface area contributed by atoms with Crippen molar-refractivity contribution < 1.29 is 28.0 Å². The van der Waals surface area contributed by atoms with Crippen LogP contribution in [0.4, 0.5) is 23.1 Å². The maximum atomic E-state index is 13.1. The van der Waals surface area contributed by atoms with Gasteiger partial charge in [0, 0.05) is 198 Å². The smallest absolute Gasteiger partial charge is 0.297 e. The van der Waals surface area contributed by atoms with Crippen molar-refractivity contribution in [3.63, 3.8) is 0 Å². The summed E-state index contributed by atoms with van der Waals surface area (Å²) in [5.74, 6) is 2.83. The fourth-order valence-corrected chi connectivity index (χ4v) is 19.2. The van der Waals surface area contributed by atoms with Crippen LogP contribution in [0.3, 0.4) is 0 Å². The molecule has 4 unspecified atom stereocenters. The lowest BCUT2D eigenvalue weighted by molar-refractivity contribution is 0.0923. The number of aromatic nitrogens is 11. The van der Waals surface area contributed by atoms with Crippen molar-refractivity contribution in [2.75, 3.05) is 150 Å². The van der Waals surface area contributed by atoms with Gasteiger partial charge in [-0.05, 0) is 161 Å². The van der Waals surface area contributed by atoms with E-state index in [-0.39, 0.29) is 29.3 Å². The molecule has 4 aliphatic rings. The Bertz CT molecular complexity index is 4900. The van der Waals surface area contributed by atoms with Crippen molar-refractivity contribution in [1.82, 2.24) is 80.2 Å². The van der Waals surface area contributed by atoms with Gasteiger partial charge in [-0.1, -0.05) is 191 Å². The minimum absolute atomic E-state index is 0.0619. The zero-order chi connectivity index (χ0) is 88.6. The summed E-state index contributed by atoms with van der Waals surface area (Å²) in [7, 11) is 0. The van der Waals surface area contributed by atoms with Crippen molar-refractivity contribution >= 4 is 101 Å². The van der Waals surface area contributed by atoms with E-state index in [0.717, 1.165) is 261 Å². The molecule has 0 bridgehead atoms. The minimum atomic E-state index is -0.112. The molecule has 4 aliphatic heterocycles. The number of Topliss-reactive ketones (excluding diaryl/α,β-unsaturated/α-hetero) is 3. The Labute approximate surface area is 755 Å². The number of ketones is 3. The molecule has 127 heavy (non-hydrogen) atoms. The highest BCUT2D eigenvalue weighted by atomic mass is 32.1. The number of oxazole rings is 2. The third-order valence-corrected chi connectivity index (χ3v) is 26.8. The standard InChI is InChI=1S/C26H36N4O2.C25H36N6O.C25H34N4O2.C24H34N6OS/c1-3-5-8-20(16-21-18-27-23-10-7-6-9-22(21)23)17-24(31)25-19-28-26(32-25)30-14-12-29(11-4-2)13-15-30;1-3-5-8-19(16-20-18-26-22-10-7-6-9-21(20)22)17-23(32)24-27-25(29-28-24)31-14-12-30(11-4-2)13-15-31;1-3-5-8-19(15-20-17-26-22-10-7-6-9-21(20)22)16-23(30)24-18-27-25(31-24)29-13-11-28(4-2)12-14-29;1-3-5-8-19(16-18-17-25-21-10-7-6-9-20(18)21)26-22(31)23-27-28-24(32-23)30-14-12-29(11-4-2)13-15-30/h6-7,9-10,18-20,27H,3-5,8,11-17H2,1-2H3;6-7,9-10,18-19,26H,3-5,8,11-17H2,1-2H3,(H,27,28,29);6-7,9-10,17-19,26H,3-5,8,11-16H2,1-2H3;6-7,9-10,17,19,25H,3-5,8,11-16H2,1-2H3,(H,26,31). The van der Waals surface area contributed by atoms with E-state index < -0.39 is 0 Å². The first-order valence-corrected chi connectivity index (χ1v) is 48.7. The van der Waals surface area contributed by atoms with E-state index >= 15 is 0 Å². The third-order valence-electron chi connectivity index (χ3n) is 25.8. The summed E-state index contributed by atoms with van der Waals surface area (Å²) in [5, 5.41) is 25.4. The minimum Gasteiger partial charge on any atom is -0.420 e. The number of hydrogen-bond donors (Lipinski definition) is 6. The number of unbranched alkanes of at least 4 members (excludes halogenated alkanes) is 4. The van der Waals surface area contributed by atoms with Crippen molar-refractivity contribution in [1.29, 1.82) is 0 Å². The first kappa shape index (κ1) is 94.3. The van der Waals surface area contributed by atoms with Gasteiger partial charge >= 0.3 is 0 Å². The number of aromatic amines is 5. The lowest BCUT2D eigenvalue weighted by atomic mass is 9.89. The Balaban J connectivity index is 0.000000145. The summed E-state index contributed by atoms with van der Waals surface area (Å²) >= 11 is 1.41. The molecule has 0 spiro atoms. The highest BCUT2D eigenvalue weighted by Crippen LogP contribution is 2.33. The molecule has 4 fully saturated rings. The number of H-pyrrole nitrogens is 5. The molecule has 12 heterocycles. The lowest BCUT2D eigenvalue weighted by Crippen LogP contribution is -2.46. The molecule has 682 valence electrons. The monoisotopic (exact) mass is 1750 g/mol. The van der Waals surface area contributed by atoms with Crippen LogP contribution in [-0.4, -0.2) is 235 Å². The molecular weight excluding hydrogens is 1610 g/mol. The number of benzene rings is 4. The summed E-state index contributed by atoms with van der Waals surface area (Å²) in [5.41, 5.74) is 9.71. The number of carbonyl (C=O) groups is 4. The second-order valence-electron chi connectivity index (χ2n) is 35.3. The van der Waals surface area contributed by atoms with E-state index in [4.69, 9.17) is 8.83 Å². The Hall–Kier alpha value is -10.3. The van der Waals surface area contributed by atoms with Crippen LogP contribution in [0, 0.1) is 17.8 Å². The highest BCUT2D eigenvalue weighted by Gasteiger charge is 2.30. The van der Waals surface area contributed by atoms with Gasteiger partial charge < -0.3 is 58.6 Å². The normalized spacial score (nSPS) is 16.0. The van der Waals surface area contributed by atoms with Gasteiger partial charge in [-0.3, -0.25) is 39.0 Å². The van der Waals surface area contributed by atoms with Gasteiger partial charge in [0.15, 0.2) is 34.7 Å². The number of para-hydroxylation sites is 4. The summed E-state index contributed by atoms with van der Waals surface area (Å²) in [6.45, 7) is 37.5. The Morgan fingerprint density at radius 1 is 0.409 bits per heavy atom. The van der Waals surface area contributed by atoms with Crippen molar-refractivity contribution in [3.05, 3.63) is 179 Å². The summed E-state index contributed by atoms with van der Waals surface area (Å²) in [6.07, 6.45) is 33.2. The quantitative estimate of drug-likeness (QED) is 0.0194. The number of amides is 1. The molecule has 16 rings (SSSR count). The lowest BCUT2D eigenvalue weighted by Gasteiger charge is -2.34. The van der Waals surface area contributed by atoms with E-state index in [9.17, 15) is 19.2 Å². The van der Waals surface area contributed by atoms with Crippen LogP contribution in [0.15, 0.2) is 143 Å². The van der Waals surface area contributed by atoms with Crippen molar-refractivity contribution in [3.8, 4) is 0 Å². The predicted molar refractivity (Wildman–Crippen MR) is 515 cm³/mol. The number of hydrogen-bond acceptors (Lipinski definition) is 21. The van der Waals surface area contributed by atoms with Gasteiger partial charge in [-0.25, -0.2) is 9.97 Å². The second-order valence-corrected chi connectivity index (χ2v) is 36.2. The van der Waals surface area contributed by atoms with E-state index in [0.29, 0.717) is 77.3 Å². The molecule has 4 atom stereocenters. The molecule has 6 N–H and O–H groups in total. The number of nitrogens with one attached hydrogen (secondary N) is 6. The van der Waals surface area contributed by atoms with Crippen LogP contribution < -0.4 is 24.9 Å². The molecule has 12 aromatic rings. The molecule has 0 aliphatic carbocycles. The zero-order valence-corrected chi connectivity index (χ0v) is 77.6. The molecule has 4 saturated heterocycles. The van der Waals surface area contributed by atoms with Gasteiger partial charge in [-0.2, -0.15) is 4.98 Å². The van der Waals surface area contributed by atoms with Gasteiger partial charge in [0.2, 0.25) is 16.1 Å². The molecule has 26 nitrogen and oxygen atoms in total. The third kappa shape index (κ3) is 26.7.